The van der Waals surface area contributed by atoms with Crippen molar-refractivity contribution in [2.24, 2.45) is 0 Å². The summed E-state index contributed by atoms with van der Waals surface area (Å²) < 4.78 is 5.10. The Hall–Kier alpha value is -1.69. The molecule has 0 bridgehead atoms. The predicted molar refractivity (Wildman–Crippen MR) is 83.4 cm³/mol. The maximum atomic E-state index is 11.7. The molecule has 1 amide bonds. The summed E-state index contributed by atoms with van der Waals surface area (Å²) in [5.41, 5.74) is 0.893. The van der Waals surface area contributed by atoms with Crippen LogP contribution in [0.25, 0.3) is 0 Å². The molecule has 0 saturated carbocycles. The first-order valence-corrected chi connectivity index (χ1v) is 8.04. The lowest BCUT2D eigenvalue weighted by molar-refractivity contribution is -0.137. The second kappa shape index (κ2) is 10.1. The van der Waals surface area contributed by atoms with Crippen LogP contribution in [0, 0.1) is 0 Å². The van der Waals surface area contributed by atoms with Crippen molar-refractivity contribution < 1.29 is 19.4 Å². The summed E-state index contributed by atoms with van der Waals surface area (Å²) in [6.07, 6.45) is -0.0535. The van der Waals surface area contributed by atoms with E-state index in [1.54, 1.807) is 11.8 Å². The van der Waals surface area contributed by atoms with E-state index in [2.05, 4.69) is 5.32 Å². The zero-order valence-electron chi connectivity index (χ0n) is 12.1. The molecule has 0 radical (unpaired) electrons. The van der Waals surface area contributed by atoms with E-state index in [9.17, 15) is 9.59 Å². The molecule has 1 aromatic rings. The van der Waals surface area contributed by atoms with Crippen LogP contribution in [-0.2, 0) is 16.1 Å². The largest absolute Gasteiger partial charge is 0.481 e. The minimum absolute atomic E-state index is 0.0925. The molecule has 0 aromatic heterocycles. The summed E-state index contributed by atoms with van der Waals surface area (Å²) in [6.45, 7) is 2.22. The summed E-state index contributed by atoms with van der Waals surface area (Å²) in [6, 6.07) is 8.94. The lowest BCUT2D eigenvalue weighted by Crippen LogP contribution is -2.37. The Morgan fingerprint density at radius 3 is 2.67 bits per heavy atom. The van der Waals surface area contributed by atoms with Crippen molar-refractivity contribution in [3.63, 3.8) is 0 Å². The molecule has 0 aliphatic rings. The first-order chi connectivity index (χ1) is 10.1. The van der Waals surface area contributed by atoms with Gasteiger partial charge in [0, 0.05) is 6.04 Å². The van der Waals surface area contributed by atoms with E-state index in [-0.39, 0.29) is 13.0 Å². The topological polar surface area (TPSA) is 75.6 Å². The zero-order chi connectivity index (χ0) is 15.5. The molecule has 1 aromatic carbocycles. The molecule has 0 saturated heterocycles. The summed E-state index contributed by atoms with van der Waals surface area (Å²) in [7, 11) is 0. The van der Waals surface area contributed by atoms with Gasteiger partial charge < -0.3 is 15.2 Å². The third kappa shape index (κ3) is 8.24. The molecule has 5 nitrogen and oxygen atoms in total. The highest BCUT2D eigenvalue weighted by molar-refractivity contribution is 7.99. The van der Waals surface area contributed by atoms with Crippen molar-refractivity contribution in [3.05, 3.63) is 35.9 Å². The predicted octanol–water partition coefficient (Wildman–Crippen LogP) is 2.90. The minimum atomic E-state index is -0.926. The number of hydrogen-bond donors (Lipinski definition) is 2. The summed E-state index contributed by atoms with van der Waals surface area (Å²) >= 11 is 1.72. The third-order valence-electron chi connectivity index (χ3n) is 2.77. The van der Waals surface area contributed by atoms with Gasteiger partial charge in [0.05, 0.1) is 6.42 Å². The van der Waals surface area contributed by atoms with Gasteiger partial charge in [-0.05, 0) is 23.5 Å². The lowest BCUT2D eigenvalue weighted by Gasteiger charge is -2.16. The summed E-state index contributed by atoms with van der Waals surface area (Å²) in [5.74, 6) is 0.857. The molecular weight excluding hydrogens is 290 g/mol. The van der Waals surface area contributed by atoms with Gasteiger partial charge in [-0.2, -0.15) is 11.8 Å². The van der Waals surface area contributed by atoms with Gasteiger partial charge >= 0.3 is 12.1 Å². The van der Waals surface area contributed by atoms with Crippen LogP contribution in [0.4, 0.5) is 4.79 Å². The van der Waals surface area contributed by atoms with Gasteiger partial charge in [-0.1, -0.05) is 37.3 Å². The third-order valence-corrected chi connectivity index (χ3v) is 3.70. The van der Waals surface area contributed by atoms with Crippen LogP contribution in [0.15, 0.2) is 30.3 Å². The molecule has 0 aliphatic carbocycles. The van der Waals surface area contributed by atoms with Gasteiger partial charge in [0.25, 0.3) is 0 Å². The number of aliphatic carboxylic acids is 1. The molecule has 2 N–H and O–H groups in total. The van der Waals surface area contributed by atoms with Crippen LogP contribution < -0.4 is 5.32 Å². The highest BCUT2D eigenvalue weighted by atomic mass is 32.2. The van der Waals surface area contributed by atoms with E-state index in [1.807, 2.05) is 37.3 Å². The number of carbonyl (C=O) groups is 2. The number of ether oxygens (including phenoxy) is 1. The molecule has 116 valence electrons. The van der Waals surface area contributed by atoms with Crippen molar-refractivity contribution in [2.75, 3.05) is 11.5 Å². The lowest BCUT2D eigenvalue weighted by atomic mass is 10.1. The number of carbonyl (C=O) groups excluding carboxylic acids is 1. The van der Waals surface area contributed by atoms with Gasteiger partial charge in [-0.3, -0.25) is 4.79 Å². The Bertz CT molecular complexity index is 439. The number of thioether (sulfide) groups is 1. The molecule has 0 fully saturated rings. The fourth-order valence-corrected chi connectivity index (χ4v) is 2.48. The number of carboxylic acids is 1. The number of nitrogens with one attached hydrogen (secondary N) is 1. The maximum absolute atomic E-state index is 11.7. The smallest absolute Gasteiger partial charge is 0.407 e. The molecule has 1 rings (SSSR count). The van der Waals surface area contributed by atoms with E-state index in [0.29, 0.717) is 6.42 Å². The van der Waals surface area contributed by atoms with E-state index in [1.165, 1.54) is 0 Å². The van der Waals surface area contributed by atoms with Crippen molar-refractivity contribution >= 4 is 23.8 Å². The first-order valence-electron chi connectivity index (χ1n) is 6.88. The molecule has 21 heavy (non-hydrogen) atoms. The first kappa shape index (κ1) is 17.4. The second-order valence-corrected chi connectivity index (χ2v) is 5.88. The number of benzene rings is 1. The number of carboxylic acid groups (broad SMARTS) is 1. The minimum Gasteiger partial charge on any atom is -0.481 e. The molecule has 6 heteroatoms. The number of amides is 1. The Morgan fingerprint density at radius 2 is 2.05 bits per heavy atom. The van der Waals surface area contributed by atoms with Crippen molar-refractivity contribution in [2.45, 2.75) is 32.4 Å². The quantitative estimate of drug-likeness (QED) is 0.686. The summed E-state index contributed by atoms with van der Waals surface area (Å²) in [5, 5.41) is 11.5. The molecule has 1 atom stereocenters. The maximum Gasteiger partial charge on any atom is 0.407 e. The fourth-order valence-electron chi connectivity index (χ4n) is 1.74. The number of alkyl carbamates (subject to hydrolysis) is 1. The average Bonchev–Trinajstić information content (AvgIpc) is 2.46. The molecule has 0 heterocycles. The molecule has 1 unspecified atom stereocenters. The Morgan fingerprint density at radius 1 is 1.33 bits per heavy atom. The van der Waals surface area contributed by atoms with Crippen LogP contribution in [-0.4, -0.2) is 34.7 Å². The standard InChI is InChI=1S/C15H21NO4S/c1-2-21-9-8-13(10-14(17)18)16-15(19)20-11-12-6-4-3-5-7-12/h3-7,13H,2,8-11H2,1H3,(H,16,19)(H,17,18). The van der Waals surface area contributed by atoms with Crippen LogP contribution in [0.3, 0.4) is 0 Å². The van der Waals surface area contributed by atoms with Gasteiger partial charge in [0.15, 0.2) is 0 Å². The normalized spacial score (nSPS) is 11.7. The van der Waals surface area contributed by atoms with Gasteiger partial charge in [0.1, 0.15) is 6.61 Å². The van der Waals surface area contributed by atoms with Crippen LogP contribution in [0.2, 0.25) is 0 Å². The highest BCUT2D eigenvalue weighted by Gasteiger charge is 2.16. The molecule has 0 aliphatic heterocycles. The van der Waals surface area contributed by atoms with Gasteiger partial charge in [-0.15, -0.1) is 0 Å². The van der Waals surface area contributed by atoms with E-state index >= 15 is 0 Å². The van der Waals surface area contributed by atoms with Crippen molar-refractivity contribution in [1.82, 2.24) is 5.32 Å². The van der Waals surface area contributed by atoms with Crippen molar-refractivity contribution in [1.29, 1.82) is 0 Å². The Balaban J connectivity index is 2.37. The highest BCUT2D eigenvalue weighted by Crippen LogP contribution is 2.08. The summed E-state index contributed by atoms with van der Waals surface area (Å²) in [4.78, 5) is 22.5. The monoisotopic (exact) mass is 311 g/mol. The molecular formula is C15H21NO4S. The number of hydrogen-bond acceptors (Lipinski definition) is 4. The van der Waals surface area contributed by atoms with Gasteiger partial charge in [0.2, 0.25) is 0 Å². The SMILES string of the molecule is CCSCCC(CC(=O)O)NC(=O)OCc1ccccc1. The van der Waals surface area contributed by atoms with E-state index in [0.717, 1.165) is 17.1 Å². The fraction of sp³-hybridized carbons (Fsp3) is 0.467. The van der Waals surface area contributed by atoms with Crippen LogP contribution in [0.1, 0.15) is 25.3 Å². The Labute approximate surface area is 129 Å². The zero-order valence-corrected chi connectivity index (χ0v) is 12.9. The van der Waals surface area contributed by atoms with Crippen molar-refractivity contribution in [3.8, 4) is 0 Å². The average molecular weight is 311 g/mol. The number of rotatable bonds is 9. The van der Waals surface area contributed by atoms with E-state index < -0.39 is 18.1 Å². The van der Waals surface area contributed by atoms with E-state index in [4.69, 9.17) is 9.84 Å². The van der Waals surface area contributed by atoms with Gasteiger partial charge in [-0.25, -0.2) is 4.79 Å². The Kier molecular flexibility index (Phi) is 8.35. The van der Waals surface area contributed by atoms with Crippen LogP contribution in [0.5, 0.6) is 0 Å². The second-order valence-electron chi connectivity index (χ2n) is 4.49. The molecule has 0 spiro atoms. The van der Waals surface area contributed by atoms with Crippen LogP contribution >= 0.6 is 11.8 Å².